The van der Waals surface area contributed by atoms with Crippen molar-refractivity contribution >= 4 is 5.91 Å². The molecule has 6 nitrogen and oxygen atoms in total. The zero-order valence-corrected chi connectivity index (χ0v) is 18.2. The van der Waals surface area contributed by atoms with Crippen LogP contribution in [0.3, 0.4) is 0 Å². The largest absolute Gasteiger partial charge is 0.447 e. The number of hydrogen-bond acceptors (Lipinski definition) is 5. The Kier molecular flexibility index (Phi) is 7.28. The van der Waals surface area contributed by atoms with Gasteiger partial charge < -0.3 is 14.1 Å². The van der Waals surface area contributed by atoms with Crippen molar-refractivity contribution in [1.82, 2.24) is 14.8 Å². The molecule has 1 aromatic heterocycles. The molecule has 1 saturated heterocycles. The molecule has 0 N–H and O–H groups in total. The number of rotatable bonds is 7. The number of alkyl halides is 3. The van der Waals surface area contributed by atoms with Crippen LogP contribution in [0.15, 0.2) is 59.2 Å². The molecule has 3 aromatic rings. The molecule has 0 radical (unpaired) electrons. The van der Waals surface area contributed by atoms with Crippen LogP contribution in [-0.4, -0.2) is 47.0 Å². The lowest BCUT2D eigenvalue weighted by Crippen LogP contribution is -2.40. The Morgan fingerprint density at radius 2 is 1.71 bits per heavy atom. The van der Waals surface area contributed by atoms with E-state index < -0.39 is 11.7 Å². The van der Waals surface area contributed by atoms with Gasteiger partial charge in [-0.25, -0.2) is 9.37 Å². The molecular weight excluding hydrogens is 454 g/mol. The second-order valence-corrected chi connectivity index (χ2v) is 8.00. The van der Waals surface area contributed by atoms with Gasteiger partial charge in [0.2, 0.25) is 5.89 Å². The molecule has 1 amide bonds. The summed E-state index contributed by atoms with van der Waals surface area (Å²) in [6.45, 7) is 2.46. The van der Waals surface area contributed by atoms with Gasteiger partial charge in [-0.2, -0.15) is 13.2 Å². The Labute approximate surface area is 193 Å². The van der Waals surface area contributed by atoms with E-state index >= 15 is 0 Å². The molecule has 180 valence electrons. The lowest BCUT2D eigenvalue weighted by molar-refractivity contribution is -0.137. The van der Waals surface area contributed by atoms with Crippen LogP contribution in [0.25, 0.3) is 0 Å². The maximum atomic E-state index is 13.3. The van der Waals surface area contributed by atoms with Crippen molar-refractivity contribution in [2.75, 3.05) is 26.3 Å². The van der Waals surface area contributed by atoms with Gasteiger partial charge >= 0.3 is 6.18 Å². The van der Waals surface area contributed by atoms with Crippen molar-refractivity contribution in [3.05, 3.63) is 88.9 Å². The summed E-state index contributed by atoms with van der Waals surface area (Å²) >= 11 is 0. The Bertz CT molecular complexity index is 1110. The molecule has 4 rings (SSSR count). The number of amides is 1. The minimum Gasteiger partial charge on any atom is -0.447 e. The number of benzene rings is 2. The fourth-order valence-corrected chi connectivity index (χ4v) is 3.72. The highest BCUT2D eigenvalue weighted by Gasteiger charge is 2.30. The first-order valence-corrected chi connectivity index (χ1v) is 10.7. The molecule has 2 heterocycles. The second kappa shape index (κ2) is 10.4. The number of ether oxygens (including phenoxy) is 1. The third-order valence-electron chi connectivity index (χ3n) is 5.41. The van der Waals surface area contributed by atoms with Gasteiger partial charge in [-0.05, 0) is 29.3 Å². The molecular formula is C24H23F4N3O3. The van der Waals surface area contributed by atoms with Crippen LogP contribution < -0.4 is 0 Å². The van der Waals surface area contributed by atoms with E-state index in [0.717, 1.165) is 17.7 Å². The number of hydrogen-bond donors (Lipinski definition) is 0. The summed E-state index contributed by atoms with van der Waals surface area (Å²) < 4.78 is 63.5. The summed E-state index contributed by atoms with van der Waals surface area (Å²) in [6.07, 6.45) is -3.16. The van der Waals surface area contributed by atoms with Crippen LogP contribution in [0.4, 0.5) is 17.6 Å². The maximum Gasteiger partial charge on any atom is 0.416 e. The average Bonchev–Trinajstić information content (AvgIpc) is 3.28. The van der Waals surface area contributed by atoms with Crippen molar-refractivity contribution in [3.63, 3.8) is 0 Å². The Morgan fingerprint density at radius 3 is 2.41 bits per heavy atom. The quantitative estimate of drug-likeness (QED) is 0.469. The third kappa shape index (κ3) is 6.21. The number of halogens is 4. The molecule has 34 heavy (non-hydrogen) atoms. The van der Waals surface area contributed by atoms with Crippen LogP contribution in [-0.2, 0) is 30.5 Å². The summed E-state index contributed by atoms with van der Waals surface area (Å²) in [5.41, 5.74) is 0.650. The molecule has 0 atom stereocenters. The van der Waals surface area contributed by atoms with Gasteiger partial charge in [0, 0.05) is 26.2 Å². The molecule has 0 aliphatic carbocycles. The van der Waals surface area contributed by atoms with E-state index in [1.54, 1.807) is 23.1 Å². The minimum absolute atomic E-state index is 0.143. The Hall–Kier alpha value is -3.24. The number of oxazole rings is 1. The standard InChI is InChI=1S/C24H23F4N3O3/c25-20-6-4-17(5-7-20)13-30(14-18-2-1-3-19(12-18)24(26,27)28)15-22-29-21(16-34-22)23(32)31-8-10-33-11-9-31/h1-7,12,16H,8-11,13-15H2. The maximum absolute atomic E-state index is 13.3. The Balaban J connectivity index is 1.52. The van der Waals surface area contributed by atoms with Gasteiger partial charge in [0.05, 0.1) is 25.3 Å². The molecule has 1 aliphatic heterocycles. The molecule has 10 heteroatoms. The minimum atomic E-state index is -4.45. The zero-order valence-electron chi connectivity index (χ0n) is 18.2. The van der Waals surface area contributed by atoms with E-state index in [1.165, 1.54) is 24.5 Å². The van der Waals surface area contributed by atoms with Crippen molar-refractivity contribution in [2.45, 2.75) is 25.8 Å². The number of nitrogens with zero attached hydrogens (tertiary/aromatic N) is 3. The highest BCUT2D eigenvalue weighted by atomic mass is 19.4. The monoisotopic (exact) mass is 477 g/mol. The first-order valence-electron chi connectivity index (χ1n) is 10.7. The van der Waals surface area contributed by atoms with Gasteiger partial charge in [-0.1, -0.05) is 30.3 Å². The number of aromatic nitrogens is 1. The van der Waals surface area contributed by atoms with Gasteiger partial charge in [-0.15, -0.1) is 0 Å². The summed E-state index contributed by atoms with van der Waals surface area (Å²) in [4.78, 5) is 20.4. The van der Waals surface area contributed by atoms with E-state index in [2.05, 4.69) is 4.98 Å². The normalized spacial score (nSPS) is 14.6. The molecule has 1 fully saturated rings. The van der Waals surface area contributed by atoms with Crippen molar-refractivity contribution in [1.29, 1.82) is 0 Å². The van der Waals surface area contributed by atoms with E-state index in [0.29, 0.717) is 38.4 Å². The fraction of sp³-hybridized carbons (Fsp3) is 0.333. The van der Waals surface area contributed by atoms with E-state index in [4.69, 9.17) is 9.15 Å². The van der Waals surface area contributed by atoms with Crippen LogP contribution in [0.1, 0.15) is 33.1 Å². The van der Waals surface area contributed by atoms with E-state index in [1.807, 2.05) is 4.90 Å². The highest BCUT2D eigenvalue weighted by molar-refractivity contribution is 5.92. The van der Waals surface area contributed by atoms with Crippen molar-refractivity contribution in [2.24, 2.45) is 0 Å². The summed E-state index contributed by atoms with van der Waals surface area (Å²) in [7, 11) is 0. The van der Waals surface area contributed by atoms with Gasteiger partial charge in [-0.3, -0.25) is 9.69 Å². The summed E-state index contributed by atoms with van der Waals surface area (Å²) in [5.74, 6) is -0.390. The number of carbonyl (C=O) groups excluding carboxylic acids is 1. The molecule has 2 aromatic carbocycles. The van der Waals surface area contributed by atoms with Gasteiger partial charge in [0.15, 0.2) is 5.69 Å². The van der Waals surface area contributed by atoms with Gasteiger partial charge in [0.1, 0.15) is 12.1 Å². The van der Waals surface area contributed by atoms with Crippen LogP contribution in [0.5, 0.6) is 0 Å². The average molecular weight is 477 g/mol. The molecule has 0 saturated carbocycles. The smallest absolute Gasteiger partial charge is 0.416 e. The first kappa shape index (κ1) is 23.9. The summed E-state index contributed by atoms with van der Waals surface area (Å²) in [6, 6.07) is 10.9. The van der Waals surface area contributed by atoms with E-state index in [9.17, 15) is 22.4 Å². The molecule has 0 bridgehead atoms. The SMILES string of the molecule is O=C(c1coc(CN(Cc2ccc(F)cc2)Cc2cccc(C(F)(F)F)c2)n1)N1CCOCC1. The van der Waals surface area contributed by atoms with Crippen molar-refractivity contribution < 1.29 is 31.5 Å². The summed E-state index contributed by atoms with van der Waals surface area (Å²) in [5, 5.41) is 0. The zero-order chi connectivity index (χ0) is 24.1. The highest BCUT2D eigenvalue weighted by Crippen LogP contribution is 2.30. The van der Waals surface area contributed by atoms with Crippen LogP contribution in [0, 0.1) is 5.82 Å². The fourth-order valence-electron chi connectivity index (χ4n) is 3.72. The second-order valence-electron chi connectivity index (χ2n) is 8.00. The van der Waals surface area contributed by atoms with Crippen LogP contribution in [0.2, 0.25) is 0 Å². The van der Waals surface area contributed by atoms with E-state index in [-0.39, 0.29) is 36.4 Å². The topological polar surface area (TPSA) is 58.8 Å². The number of carbonyl (C=O) groups is 1. The van der Waals surface area contributed by atoms with Crippen LogP contribution >= 0.6 is 0 Å². The number of morpholine rings is 1. The third-order valence-corrected chi connectivity index (χ3v) is 5.41. The van der Waals surface area contributed by atoms with Gasteiger partial charge in [0.25, 0.3) is 5.91 Å². The lowest BCUT2D eigenvalue weighted by atomic mass is 10.1. The predicted octanol–water partition coefficient (Wildman–Crippen LogP) is 4.51. The Morgan fingerprint density at radius 1 is 1.00 bits per heavy atom. The molecule has 0 spiro atoms. The lowest BCUT2D eigenvalue weighted by Gasteiger charge is -2.25. The van der Waals surface area contributed by atoms with Crippen molar-refractivity contribution in [3.8, 4) is 0 Å². The molecule has 0 unspecified atom stereocenters. The first-order chi connectivity index (χ1) is 16.3. The molecule has 1 aliphatic rings. The predicted molar refractivity (Wildman–Crippen MR) is 114 cm³/mol.